The van der Waals surface area contributed by atoms with E-state index in [4.69, 9.17) is 14.7 Å². The lowest BCUT2D eigenvalue weighted by Crippen LogP contribution is -2.35. The number of aryl methyl sites for hydroxylation is 2. The summed E-state index contributed by atoms with van der Waals surface area (Å²) in [5, 5.41) is 12.4. The maximum atomic E-state index is 9.05. The normalized spacial score (nSPS) is 14.1. The third kappa shape index (κ3) is 4.66. The Morgan fingerprint density at radius 1 is 1.15 bits per heavy atom. The van der Waals surface area contributed by atoms with Gasteiger partial charge in [0.25, 0.3) is 0 Å². The number of morpholine rings is 1. The minimum absolute atomic E-state index is 0.338. The second kappa shape index (κ2) is 9.43. The Kier molecular flexibility index (Phi) is 6.03. The fourth-order valence-electron chi connectivity index (χ4n) is 3.79. The molecule has 1 saturated heterocycles. The van der Waals surface area contributed by atoms with Crippen molar-refractivity contribution in [3.63, 3.8) is 0 Å². The number of hydrogen-bond donors (Lipinski definition) is 1. The van der Waals surface area contributed by atoms with Gasteiger partial charge in [0, 0.05) is 38.9 Å². The van der Waals surface area contributed by atoms with Crippen LogP contribution in [-0.2, 0) is 18.3 Å². The molecule has 0 unspecified atom stereocenters. The SMILES string of the molecule is Cc1cc(C#N)ncc1Oc1cc(Nc2ccc(CN3CCOCC3)cn2)c2ncn(C)c2n1. The first-order valence-electron chi connectivity index (χ1n) is 11.0. The number of rotatable bonds is 6. The molecule has 1 aliphatic rings. The monoisotopic (exact) mass is 456 g/mol. The summed E-state index contributed by atoms with van der Waals surface area (Å²) in [5.74, 6) is 1.62. The van der Waals surface area contributed by atoms with Crippen molar-refractivity contribution in [2.75, 3.05) is 31.6 Å². The summed E-state index contributed by atoms with van der Waals surface area (Å²) in [6.07, 6.45) is 5.13. The number of hydrogen-bond acceptors (Lipinski definition) is 9. The van der Waals surface area contributed by atoms with Gasteiger partial charge in [0.05, 0.1) is 31.4 Å². The third-order valence-electron chi connectivity index (χ3n) is 5.63. The molecule has 10 nitrogen and oxygen atoms in total. The first-order chi connectivity index (χ1) is 16.6. The van der Waals surface area contributed by atoms with Crippen molar-refractivity contribution < 1.29 is 9.47 Å². The summed E-state index contributed by atoms with van der Waals surface area (Å²) < 4.78 is 13.3. The fourth-order valence-corrected chi connectivity index (χ4v) is 3.79. The molecule has 172 valence electrons. The molecule has 0 saturated carbocycles. The number of nitrogens with zero attached hydrogens (tertiary/aromatic N) is 7. The zero-order valence-electron chi connectivity index (χ0n) is 19.0. The van der Waals surface area contributed by atoms with E-state index in [-0.39, 0.29) is 0 Å². The Hall–Kier alpha value is -4.07. The minimum atomic E-state index is 0.338. The summed E-state index contributed by atoms with van der Waals surface area (Å²) >= 11 is 0. The number of pyridine rings is 3. The van der Waals surface area contributed by atoms with E-state index in [1.807, 2.05) is 36.9 Å². The lowest BCUT2D eigenvalue weighted by Gasteiger charge is -2.26. The van der Waals surface area contributed by atoms with Crippen LogP contribution < -0.4 is 10.1 Å². The second-order valence-electron chi connectivity index (χ2n) is 8.15. The van der Waals surface area contributed by atoms with E-state index >= 15 is 0 Å². The van der Waals surface area contributed by atoms with Crippen molar-refractivity contribution in [2.45, 2.75) is 13.5 Å². The number of fused-ring (bicyclic) bond motifs is 1. The zero-order valence-corrected chi connectivity index (χ0v) is 19.0. The van der Waals surface area contributed by atoms with Crippen LogP contribution in [0.4, 0.5) is 11.5 Å². The molecule has 0 amide bonds. The zero-order chi connectivity index (χ0) is 23.5. The van der Waals surface area contributed by atoms with Gasteiger partial charge in [0.1, 0.15) is 23.1 Å². The summed E-state index contributed by atoms with van der Waals surface area (Å²) in [6, 6.07) is 9.53. The van der Waals surface area contributed by atoms with Gasteiger partial charge in [-0.05, 0) is 30.2 Å². The lowest BCUT2D eigenvalue weighted by atomic mass is 10.2. The van der Waals surface area contributed by atoms with E-state index in [0.29, 0.717) is 34.3 Å². The quantitative estimate of drug-likeness (QED) is 0.467. The van der Waals surface area contributed by atoms with Crippen LogP contribution in [0.5, 0.6) is 11.6 Å². The summed E-state index contributed by atoms with van der Waals surface area (Å²) in [6.45, 7) is 6.14. The van der Waals surface area contributed by atoms with Crippen molar-refractivity contribution >= 4 is 22.7 Å². The summed E-state index contributed by atoms with van der Waals surface area (Å²) in [5.41, 5.74) is 4.40. The van der Waals surface area contributed by atoms with Crippen molar-refractivity contribution in [1.29, 1.82) is 5.26 Å². The Bertz CT molecular complexity index is 1350. The topological polar surface area (TPSA) is 114 Å². The van der Waals surface area contributed by atoms with Gasteiger partial charge in [-0.2, -0.15) is 10.2 Å². The Morgan fingerprint density at radius 3 is 2.74 bits per heavy atom. The van der Waals surface area contributed by atoms with Gasteiger partial charge in [-0.25, -0.2) is 15.0 Å². The summed E-state index contributed by atoms with van der Waals surface area (Å²) in [4.78, 5) is 20.1. The van der Waals surface area contributed by atoms with E-state index in [1.54, 1.807) is 18.5 Å². The fraction of sp³-hybridized carbons (Fsp3) is 0.292. The average molecular weight is 457 g/mol. The molecule has 5 rings (SSSR count). The van der Waals surface area contributed by atoms with Crippen LogP contribution in [-0.4, -0.2) is 55.7 Å². The van der Waals surface area contributed by atoms with Crippen molar-refractivity contribution in [3.05, 3.63) is 59.8 Å². The van der Waals surface area contributed by atoms with E-state index in [2.05, 4.69) is 36.2 Å². The van der Waals surface area contributed by atoms with Gasteiger partial charge in [-0.15, -0.1) is 0 Å². The van der Waals surface area contributed by atoms with Gasteiger partial charge in [-0.1, -0.05) is 6.07 Å². The van der Waals surface area contributed by atoms with E-state index in [9.17, 15) is 0 Å². The van der Waals surface area contributed by atoms with Crippen LogP contribution in [0.25, 0.3) is 11.2 Å². The highest BCUT2D eigenvalue weighted by Gasteiger charge is 2.15. The standard InChI is InChI=1S/C24H24N8O2/c1-16-9-18(11-25)26-13-20(16)34-22-10-19(23-24(30-22)31(2)15-28-23)29-21-4-3-17(12-27-21)14-32-5-7-33-8-6-32/h3-4,9-10,12-13,15H,5-8,14H2,1-2H3,(H,27,29,30). The number of imidazole rings is 1. The molecule has 1 N–H and O–H groups in total. The van der Waals surface area contributed by atoms with Gasteiger partial charge < -0.3 is 19.4 Å². The smallest absolute Gasteiger partial charge is 0.223 e. The average Bonchev–Trinajstić information content (AvgIpc) is 3.23. The van der Waals surface area contributed by atoms with Gasteiger partial charge in [0.2, 0.25) is 5.88 Å². The predicted octanol–water partition coefficient (Wildman–Crippen LogP) is 3.31. The van der Waals surface area contributed by atoms with Crippen molar-refractivity contribution in [1.82, 2.24) is 29.4 Å². The highest BCUT2D eigenvalue weighted by atomic mass is 16.5. The predicted molar refractivity (Wildman–Crippen MR) is 126 cm³/mol. The molecule has 1 aliphatic heterocycles. The van der Waals surface area contributed by atoms with Crippen LogP contribution in [0.15, 0.2) is 43.0 Å². The van der Waals surface area contributed by atoms with Crippen LogP contribution in [0.3, 0.4) is 0 Å². The lowest BCUT2D eigenvalue weighted by molar-refractivity contribution is 0.0341. The molecule has 0 spiro atoms. The molecule has 0 radical (unpaired) electrons. The number of aromatic nitrogens is 5. The summed E-state index contributed by atoms with van der Waals surface area (Å²) in [7, 11) is 1.88. The molecule has 4 aromatic heterocycles. The third-order valence-corrected chi connectivity index (χ3v) is 5.63. The Morgan fingerprint density at radius 2 is 2.00 bits per heavy atom. The van der Waals surface area contributed by atoms with Crippen molar-refractivity contribution in [3.8, 4) is 17.7 Å². The van der Waals surface area contributed by atoms with Gasteiger partial charge >= 0.3 is 0 Å². The van der Waals surface area contributed by atoms with E-state index in [1.165, 1.54) is 6.20 Å². The first-order valence-corrected chi connectivity index (χ1v) is 11.0. The van der Waals surface area contributed by atoms with E-state index in [0.717, 1.165) is 49.7 Å². The largest absolute Gasteiger partial charge is 0.437 e. The van der Waals surface area contributed by atoms with Crippen LogP contribution in [0, 0.1) is 18.3 Å². The highest BCUT2D eigenvalue weighted by molar-refractivity contribution is 5.88. The molecule has 1 fully saturated rings. The van der Waals surface area contributed by atoms with Crippen LogP contribution in [0.1, 0.15) is 16.8 Å². The number of nitrogens with one attached hydrogen (secondary N) is 1. The molecule has 0 bridgehead atoms. The molecule has 4 aromatic rings. The Balaban J connectivity index is 1.39. The first kappa shape index (κ1) is 21.8. The maximum absolute atomic E-state index is 9.05. The maximum Gasteiger partial charge on any atom is 0.223 e. The molecule has 5 heterocycles. The molecular formula is C24H24N8O2. The van der Waals surface area contributed by atoms with Crippen LogP contribution in [0.2, 0.25) is 0 Å². The van der Waals surface area contributed by atoms with Crippen LogP contribution >= 0.6 is 0 Å². The second-order valence-corrected chi connectivity index (χ2v) is 8.15. The number of ether oxygens (including phenoxy) is 2. The molecule has 0 aliphatic carbocycles. The molecule has 10 heteroatoms. The molecule has 34 heavy (non-hydrogen) atoms. The highest BCUT2D eigenvalue weighted by Crippen LogP contribution is 2.31. The number of anilines is 2. The number of nitriles is 1. The van der Waals surface area contributed by atoms with Gasteiger partial charge in [-0.3, -0.25) is 4.90 Å². The van der Waals surface area contributed by atoms with Crippen molar-refractivity contribution in [2.24, 2.45) is 7.05 Å². The molecular weight excluding hydrogens is 432 g/mol. The minimum Gasteiger partial charge on any atom is -0.437 e. The van der Waals surface area contributed by atoms with Gasteiger partial charge in [0.15, 0.2) is 11.4 Å². The molecule has 0 atom stereocenters. The van der Waals surface area contributed by atoms with E-state index < -0.39 is 0 Å². The Labute approximate surface area is 196 Å². The molecule has 0 aromatic carbocycles.